The van der Waals surface area contributed by atoms with Gasteiger partial charge in [0.05, 0.1) is 59.0 Å². The zero-order valence-corrected chi connectivity index (χ0v) is 29.1. The first kappa shape index (κ1) is 37.1. The monoisotopic (exact) mass is 706 g/mol. The molecular weight excluding hydrogens is 677 g/mol. The molecule has 0 aliphatic heterocycles. The third kappa shape index (κ3) is 6.91. The largest absolute Gasteiger partial charge is 0.465 e. The molecule has 0 amide bonds. The number of nitrogen functional groups attached to an aromatic ring is 2. The number of benzene rings is 6. The molecule has 0 saturated heterocycles. The van der Waals surface area contributed by atoms with Crippen LogP contribution in [0, 0.1) is 45.3 Å². The minimum absolute atomic E-state index is 0.0288. The number of anilines is 2. The zero-order chi connectivity index (χ0) is 38.8. The van der Waals surface area contributed by atoms with Crippen molar-refractivity contribution in [2.45, 2.75) is 0 Å². The molecule has 6 aromatic rings. The Hall–Kier alpha value is -8.18. The van der Waals surface area contributed by atoms with Crippen LogP contribution in [-0.2, 0) is 9.47 Å². The van der Waals surface area contributed by atoms with Crippen molar-refractivity contribution in [1.29, 1.82) is 21.0 Å². The highest BCUT2D eigenvalue weighted by Crippen LogP contribution is 2.44. The van der Waals surface area contributed by atoms with E-state index in [1.807, 2.05) is 133 Å². The molecule has 0 aliphatic carbocycles. The van der Waals surface area contributed by atoms with Crippen molar-refractivity contribution in [3.8, 4) is 68.8 Å². The first-order valence-corrected chi connectivity index (χ1v) is 16.2. The highest BCUT2D eigenvalue weighted by Gasteiger charge is 2.30. The molecule has 0 aliphatic rings. The number of ether oxygens (including phenoxy) is 2. The van der Waals surface area contributed by atoms with Gasteiger partial charge < -0.3 is 20.9 Å². The van der Waals surface area contributed by atoms with Gasteiger partial charge in [0.15, 0.2) is 0 Å². The topological polar surface area (TPSA) is 200 Å². The summed E-state index contributed by atoms with van der Waals surface area (Å²) in [4.78, 5) is 25.2. The SMILES string of the molecule is COC(=O)c1c(C#N)c(N)c(C#N)c(-c2ccccc2)c1-c1ccccc1.COC(=O)c1c(C#N)c(N)c(C#N)c(-c2ccccc2)c1-c1ccccc1. The number of nitrogens with zero attached hydrogens (tertiary/aromatic N) is 4. The first-order chi connectivity index (χ1) is 26.3. The lowest BCUT2D eigenvalue weighted by Gasteiger charge is -2.19. The summed E-state index contributed by atoms with van der Waals surface area (Å²) >= 11 is 0. The van der Waals surface area contributed by atoms with Gasteiger partial charge in [0.1, 0.15) is 24.3 Å². The maximum Gasteiger partial charge on any atom is 0.339 e. The molecule has 0 spiro atoms. The van der Waals surface area contributed by atoms with Crippen molar-refractivity contribution in [2.24, 2.45) is 0 Å². The number of carbonyl (C=O) groups is 2. The van der Waals surface area contributed by atoms with E-state index in [2.05, 4.69) is 12.1 Å². The van der Waals surface area contributed by atoms with Crippen molar-refractivity contribution < 1.29 is 19.1 Å². The van der Waals surface area contributed by atoms with E-state index in [1.54, 1.807) is 0 Å². The first-order valence-electron chi connectivity index (χ1n) is 16.2. The fourth-order valence-corrected chi connectivity index (χ4v) is 6.19. The van der Waals surface area contributed by atoms with E-state index in [0.29, 0.717) is 44.5 Å². The quantitative estimate of drug-likeness (QED) is 0.125. The molecule has 6 rings (SSSR count). The van der Waals surface area contributed by atoms with Gasteiger partial charge in [0, 0.05) is 22.3 Å². The summed E-state index contributed by atoms with van der Waals surface area (Å²) in [6.07, 6.45) is 0. The van der Waals surface area contributed by atoms with Crippen LogP contribution in [0.1, 0.15) is 43.0 Å². The van der Waals surface area contributed by atoms with E-state index < -0.39 is 11.9 Å². The van der Waals surface area contributed by atoms with Gasteiger partial charge >= 0.3 is 11.9 Å². The number of nitriles is 4. The number of rotatable bonds is 6. The predicted octanol–water partition coefficient (Wildman–Crippen LogP) is 8.27. The van der Waals surface area contributed by atoms with Gasteiger partial charge in [-0.05, 0) is 22.3 Å². The molecule has 10 heteroatoms. The summed E-state index contributed by atoms with van der Waals surface area (Å²) in [5.74, 6) is -1.36. The smallest absolute Gasteiger partial charge is 0.339 e. The van der Waals surface area contributed by atoms with Crippen molar-refractivity contribution >= 4 is 23.3 Å². The molecule has 0 bridgehead atoms. The molecule has 0 aromatic heterocycles. The number of hydrogen-bond acceptors (Lipinski definition) is 10. The summed E-state index contributed by atoms with van der Waals surface area (Å²) in [5.41, 5.74) is 17.2. The number of esters is 2. The lowest BCUT2D eigenvalue weighted by atomic mass is 9.83. The average Bonchev–Trinajstić information content (AvgIpc) is 3.23. The van der Waals surface area contributed by atoms with E-state index >= 15 is 0 Å². The Labute approximate surface area is 311 Å². The van der Waals surface area contributed by atoms with Gasteiger partial charge in [0.2, 0.25) is 0 Å². The fraction of sp³-hybridized carbons (Fsp3) is 0.0455. The Morgan fingerprint density at radius 3 is 0.889 bits per heavy atom. The van der Waals surface area contributed by atoms with E-state index in [9.17, 15) is 30.6 Å². The van der Waals surface area contributed by atoms with Crippen LogP contribution in [0.2, 0.25) is 0 Å². The molecule has 0 unspecified atom stereocenters. The third-order valence-corrected chi connectivity index (χ3v) is 8.55. The van der Waals surface area contributed by atoms with E-state index in [4.69, 9.17) is 20.9 Å². The van der Waals surface area contributed by atoms with Gasteiger partial charge in [-0.15, -0.1) is 0 Å². The Bertz CT molecular complexity index is 2370. The molecule has 10 nitrogen and oxygen atoms in total. The summed E-state index contributed by atoms with van der Waals surface area (Å²) in [6, 6.07) is 44.7. The van der Waals surface area contributed by atoms with E-state index in [0.717, 1.165) is 0 Å². The molecule has 0 heterocycles. The lowest BCUT2D eigenvalue weighted by Crippen LogP contribution is -2.12. The highest BCUT2D eigenvalue weighted by molar-refractivity contribution is 6.09. The summed E-state index contributed by atoms with van der Waals surface area (Å²) in [5, 5.41) is 38.9. The van der Waals surface area contributed by atoms with Crippen molar-refractivity contribution in [3.63, 3.8) is 0 Å². The second-order valence-electron chi connectivity index (χ2n) is 11.5. The van der Waals surface area contributed by atoms with Gasteiger partial charge in [-0.2, -0.15) is 21.0 Å². The molecule has 0 atom stereocenters. The number of carbonyl (C=O) groups excluding carboxylic acids is 2. The number of methoxy groups -OCH3 is 2. The van der Waals surface area contributed by atoms with Gasteiger partial charge in [-0.3, -0.25) is 0 Å². The Morgan fingerprint density at radius 2 is 0.667 bits per heavy atom. The molecular formula is C44H30N6O4. The molecule has 54 heavy (non-hydrogen) atoms. The molecule has 4 N–H and O–H groups in total. The summed E-state index contributed by atoms with van der Waals surface area (Å²) < 4.78 is 9.86. The molecule has 0 saturated carbocycles. The fourth-order valence-electron chi connectivity index (χ4n) is 6.19. The summed E-state index contributed by atoms with van der Waals surface area (Å²) in [7, 11) is 2.49. The average molecular weight is 707 g/mol. The van der Waals surface area contributed by atoms with Gasteiger partial charge in [-0.25, -0.2) is 9.59 Å². The van der Waals surface area contributed by atoms with Crippen LogP contribution >= 0.6 is 0 Å². The zero-order valence-electron chi connectivity index (χ0n) is 29.1. The highest BCUT2D eigenvalue weighted by atomic mass is 16.5. The van der Waals surface area contributed by atoms with E-state index in [1.165, 1.54) is 14.2 Å². The maximum absolute atomic E-state index is 12.6. The second kappa shape index (κ2) is 16.7. The normalized spacial score (nSPS) is 9.89. The number of hydrogen-bond donors (Lipinski definition) is 2. The standard InChI is InChI=1S/2C22H15N3O2/c2*1-27-22(26)20-17(13-24)21(25)16(12-23)18(14-8-4-2-5-9-14)19(20)15-10-6-3-7-11-15/h2*2-11H,25H2,1H3. The van der Waals surface area contributed by atoms with Crippen molar-refractivity contribution in [1.82, 2.24) is 0 Å². The number of nitrogens with two attached hydrogens (primary N) is 2. The van der Waals surface area contributed by atoms with Crippen LogP contribution in [0.25, 0.3) is 44.5 Å². The van der Waals surface area contributed by atoms with Crippen LogP contribution in [0.3, 0.4) is 0 Å². The molecule has 260 valence electrons. The van der Waals surface area contributed by atoms with Crippen LogP contribution in [0.5, 0.6) is 0 Å². The maximum atomic E-state index is 12.6. The van der Waals surface area contributed by atoms with Crippen LogP contribution in [0.15, 0.2) is 121 Å². The molecule has 0 fully saturated rings. The Balaban J connectivity index is 0.000000208. The van der Waals surface area contributed by atoms with Crippen LogP contribution < -0.4 is 11.5 Å². The summed E-state index contributed by atoms with van der Waals surface area (Å²) in [6.45, 7) is 0. The second-order valence-corrected chi connectivity index (χ2v) is 11.5. The third-order valence-electron chi connectivity index (χ3n) is 8.55. The Kier molecular flexibility index (Phi) is 11.5. The minimum atomic E-state index is -0.682. The van der Waals surface area contributed by atoms with Gasteiger partial charge in [0.25, 0.3) is 0 Å². The van der Waals surface area contributed by atoms with Crippen molar-refractivity contribution in [3.05, 3.63) is 155 Å². The van der Waals surface area contributed by atoms with Crippen LogP contribution in [0.4, 0.5) is 11.4 Å². The minimum Gasteiger partial charge on any atom is -0.465 e. The van der Waals surface area contributed by atoms with E-state index in [-0.39, 0.29) is 44.8 Å². The van der Waals surface area contributed by atoms with Gasteiger partial charge in [-0.1, -0.05) is 121 Å². The van der Waals surface area contributed by atoms with Crippen molar-refractivity contribution in [2.75, 3.05) is 25.7 Å². The molecule has 0 radical (unpaired) electrons. The Morgan fingerprint density at radius 1 is 0.426 bits per heavy atom. The van der Waals surface area contributed by atoms with Crippen LogP contribution in [-0.4, -0.2) is 26.2 Å². The lowest BCUT2D eigenvalue weighted by molar-refractivity contribution is 0.0592. The predicted molar refractivity (Wildman–Crippen MR) is 205 cm³/mol. The molecule has 6 aromatic carbocycles.